The first kappa shape index (κ1) is 22.4. The topological polar surface area (TPSA) is 85.3 Å². The number of methoxy groups -OCH3 is 3. The number of ketones is 1. The highest BCUT2D eigenvalue weighted by Gasteiger charge is 2.50. The Morgan fingerprint density at radius 1 is 0.909 bits per heavy atom. The van der Waals surface area contributed by atoms with E-state index in [0.717, 1.165) is 5.56 Å². The lowest BCUT2D eigenvalue weighted by molar-refractivity contribution is -0.136. The van der Waals surface area contributed by atoms with Gasteiger partial charge in [-0.2, -0.15) is 0 Å². The second kappa shape index (κ2) is 8.96. The van der Waals surface area contributed by atoms with Crippen LogP contribution in [0.15, 0.2) is 66.7 Å². The minimum absolute atomic E-state index is 0.204. The third kappa shape index (κ3) is 4.03. The summed E-state index contributed by atoms with van der Waals surface area (Å²) < 4.78 is 15.8. The molecule has 0 aromatic heterocycles. The Hall–Kier alpha value is -3.84. The molecule has 1 amide bonds. The zero-order valence-corrected chi connectivity index (χ0v) is 18.7. The molecule has 1 aliphatic rings. The molecule has 3 aromatic rings. The van der Waals surface area contributed by atoms with E-state index in [2.05, 4.69) is 0 Å². The zero-order valence-electron chi connectivity index (χ0n) is 18.7. The van der Waals surface area contributed by atoms with E-state index in [1.165, 1.54) is 4.90 Å². The highest BCUT2D eigenvalue weighted by Crippen LogP contribution is 2.44. The summed E-state index contributed by atoms with van der Waals surface area (Å²) in [6.45, 7) is 0.204. The quantitative estimate of drug-likeness (QED) is 0.530. The Kier molecular flexibility index (Phi) is 6.07. The van der Waals surface area contributed by atoms with Gasteiger partial charge in [-0.15, -0.1) is 0 Å². The van der Waals surface area contributed by atoms with Crippen LogP contribution in [-0.2, 0) is 16.9 Å². The molecule has 3 aromatic carbocycles. The summed E-state index contributed by atoms with van der Waals surface area (Å²) in [5, 5.41) is 11.5. The molecule has 0 bridgehead atoms. The predicted molar refractivity (Wildman–Crippen MR) is 123 cm³/mol. The number of nitrogens with zero attached hydrogens (tertiary/aromatic N) is 1. The summed E-state index contributed by atoms with van der Waals surface area (Å²) >= 11 is 0. The highest BCUT2D eigenvalue weighted by atomic mass is 16.5. The number of carbonyl (C=O) groups is 2. The van der Waals surface area contributed by atoms with Crippen molar-refractivity contribution >= 4 is 17.4 Å². The summed E-state index contributed by atoms with van der Waals surface area (Å²) in [5.41, 5.74) is 0.221. The number of carbonyl (C=O) groups excluding carboxylic acids is 2. The molecule has 7 heteroatoms. The molecule has 0 fully saturated rings. The first-order valence-corrected chi connectivity index (χ1v) is 10.4. The summed E-state index contributed by atoms with van der Waals surface area (Å²) in [6.07, 6.45) is -0.363. The average Bonchev–Trinajstić information content (AvgIpc) is 3.05. The number of para-hydroxylation sites is 1. The largest absolute Gasteiger partial charge is 0.497 e. The Labute approximate surface area is 192 Å². The fourth-order valence-corrected chi connectivity index (χ4v) is 4.11. The first-order valence-electron chi connectivity index (χ1n) is 10.4. The number of amides is 1. The number of fused-ring (bicyclic) bond motifs is 1. The van der Waals surface area contributed by atoms with Gasteiger partial charge in [0.2, 0.25) is 0 Å². The standard InChI is InChI=1S/C26H25NO6/c1-31-19-11-9-18(10-12-19)22(28)15-26(30)20-6-4-5-7-21(20)27(25(26)29)16-17-8-13-23(32-2)24(14-17)33-3/h4-14,30H,15-16H2,1-3H3/t26-/m1/s1. The number of hydrogen-bond acceptors (Lipinski definition) is 6. The fraction of sp³-hybridized carbons (Fsp3) is 0.231. The molecule has 0 aliphatic carbocycles. The van der Waals surface area contributed by atoms with Gasteiger partial charge in [0.25, 0.3) is 5.91 Å². The molecule has 0 saturated carbocycles. The highest BCUT2D eigenvalue weighted by molar-refractivity contribution is 6.10. The van der Waals surface area contributed by atoms with Gasteiger partial charge in [0, 0.05) is 11.1 Å². The van der Waals surface area contributed by atoms with Crippen molar-refractivity contribution in [2.24, 2.45) is 0 Å². The lowest BCUT2D eigenvalue weighted by atomic mass is 9.88. The Morgan fingerprint density at radius 2 is 1.61 bits per heavy atom. The van der Waals surface area contributed by atoms with E-state index in [4.69, 9.17) is 14.2 Å². The van der Waals surface area contributed by atoms with Gasteiger partial charge in [0.15, 0.2) is 22.9 Å². The summed E-state index contributed by atoms with van der Waals surface area (Å²) in [6, 6.07) is 19.0. The monoisotopic (exact) mass is 447 g/mol. The number of Topliss-reactive ketones (excluding diaryl/α,β-unsaturated/α-hetero) is 1. The van der Waals surface area contributed by atoms with E-state index >= 15 is 0 Å². The maximum atomic E-state index is 13.5. The van der Waals surface area contributed by atoms with E-state index in [0.29, 0.717) is 34.1 Å². The molecular weight excluding hydrogens is 422 g/mol. The number of benzene rings is 3. The van der Waals surface area contributed by atoms with Crippen molar-refractivity contribution in [3.8, 4) is 17.2 Å². The zero-order chi connectivity index (χ0) is 23.6. The molecule has 4 rings (SSSR count). The van der Waals surface area contributed by atoms with E-state index in [1.54, 1.807) is 82.0 Å². The third-order valence-corrected chi connectivity index (χ3v) is 5.86. The first-order chi connectivity index (χ1) is 15.9. The summed E-state index contributed by atoms with van der Waals surface area (Å²) in [4.78, 5) is 28.0. The fourth-order valence-electron chi connectivity index (χ4n) is 4.11. The van der Waals surface area contributed by atoms with Gasteiger partial charge in [-0.3, -0.25) is 9.59 Å². The second-order valence-electron chi connectivity index (χ2n) is 7.79. The number of aliphatic hydroxyl groups is 1. The smallest absolute Gasteiger partial charge is 0.264 e. The van der Waals surface area contributed by atoms with Crippen LogP contribution in [0.1, 0.15) is 27.9 Å². The van der Waals surface area contributed by atoms with Gasteiger partial charge in [-0.1, -0.05) is 24.3 Å². The average molecular weight is 447 g/mol. The van der Waals surface area contributed by atoms with Gasteiger partial charge >= 0.3 is 0 Å². The molecule has 7 nitrogen and oxygen atoms in total. The molecule has 170 valence electrons. The molecule has 0 saturated heterocycles. The minimum atomic E-state index is -1.95. The van der Waals surface area contributed by atoms with Gasteiger partial charge in [0.1, 0.15) is 5.75 Å². The van der Waals surface area contributed by atoms with E-state index < -0.39 is 11.5 Å². The maximum absolute atomic E-state index is 13.5. The van der Waals surface area contributed by atoms with E-state index in [1.807, 2.05) is 6.07 Å². The van der Waals surface area contributed by atoms with Gasteiger partial charge in [-0.05, 0) is 48.0 Å². The van der Waals surface area contributed by atoms with Crippen LogP contribution in [0.5, 0.6) is 17.2 Å². The summed E-state index contributed by atoms with van der Waals surface area (Å²) in [5.74, 6) is 0.862. The van der Waals surface area contributed by atoms with Crippen molar-refractivity contribution in [3.05, 3.63) is 83.4 Å². The number of ether oxygens (including phenoxy) is 3. The van der Waals surface area contributed by atoms with Crippen LogP contribution in [0.25, 0.3) is 0 Å². The normalized spacial score (nSPS) is 17.0. The van der Waals surface area contributed by atoms with Crippen LogP contribution in [0, 0.1) is 0 Å². The SMILES string of the molecule is COc1ccc(C(=O)C[C@]2(O)C(=O)N(Cc3ccc(OC)c(OC)c3)c3ccccc32)cc1. The molecule has 0 unspecified atom stereocenters. The van der Waals surface area contributed by atoms with Crippen LogP contribution < -0.4 is 19.1 Å². The molecule has 1 heterocycles. The molecule has 1 atom stereocenters. The van der Waals surface area contributed by atoms with Gasteiger partial charge in [-0.25, -0.2) is 0 Å². The van der Waals surface area contributed by atoms with Crippen LogP contribution in [0.2, 0.25) is 0 Å². The number of rotatable bonds is 8. The lowest BCUT2D eigenvalue weighted by Crippen LogP contribution is -2.41. The predicted octanol–water partition coefficient (Wildman–Crippen LogP) is 3.72. The lowest BCUT2D eigenvalue weighted by Gasteiger charge is -2.23. The molecule has 0 radical (unpaired) electrons. The van der Waals surface area contributed by atoms with Crippen LogP contribution >= 0.6 is 0 Å². The summed E-state index contributed by atoms with van der Waals surface area (Å²) in [7, 11) is 4.64. The van der Waals surface area contributed by atoms with Crippen molar-refractivity contribution in [1.29, 1.82) is 0 Å². The minimum Gasteiger partial charge on any atom is -0.497 e. The molecule has 0 spiro atoms. The van der Waals surface area contributed by atoms with Gasteiger partial charge < -0.3 is 24.2 Å². The van der Waals surface area contributed by atoms with E-state index in [9.17, 15) is 14.7 Å². The van der Waals surface area contributed by atoms with Crippen LogP contribution in [-0.4, -0.2) is 38.1 Å². The van der Waals surface area contributed by atoms with Crippen molar-refractivity contribution in [2.75, 3.05) is 26.2 Å². The number of anilines is 1. The third-order valence-electron chi connectivity index (χ3n) is 5.86. The number of hydrogen-bond donors (Lipinski definition) is 1. The van der Waals surface area contributed by atoms with Crippen molar-refractivity contribution in [2.45, 2.75) is 18.6 Å². The van der Waals surface area contributed by atoms with Crippen molar-refractivity contribution in [3.63, 3.8) is 0 Å². The van der Waals surface area contributed by atoms with Crippen LogP contribution in [0.4, 0.5) is 5.69 Å². The Bertz CT molecular complexity index is 1190. The van der Waals surface area contributed by atoms with Crippen molar-refractivity contribution < 1.29 is 28.9 Å². The molecular formula is C26H25NO6. The van der Waals surface area contributed by atoms with Gasteiger partial charge in [0.05, 0.1) is 40.0 Å². The molecule has 33 heavy (non-hydrogen) atoms. The maximum Gasteiger partial charge on any atom is 0.264 e. The Balaban J connectivity index is 1.64. The molecule has 1 aliphatic heterocycles. The molecule has 1 N–H and O–H groups in total. The van der Waals surface area contributed by atoms with E-state index in [-0.39, 0.29) is 18.7 Å². The second-order valence-corrected chi connectivity index (χ2v) is 7.79. The van der Waals surface area contributed by atoms with Crippen molar-refractivity contribution in [1.82, 2.24) is 0 Å². The van der Waals surface area contributed by atoms with Crippen LogP contribution in [0.3, 0.4) is 0 Å². The Morgan fingerprint density at radius 3 is 2.27 bits per heavy atom.